The van der Waals surface area contributed by atoms with E-state index in [0.29, 0.717) is 12.2 Å². The number of hydrogen-bond acceptors (Lipinski definition) is 4. The molecule has 1 N–H and O–H groups in total. The summed E-state index contributed by atoms with van der Waals surface area (Å²) in [6.45, 7) is 4.15. The zero-order chi connectivity index (χ0) is 21.0. The SMILES string of the molecule is Cc1cc(N(CC(=O)NCc2ccc(N3CCCC3)cc2)S(C)(=O)=O)ccc1Br. The minimum absolute atomic E-state index is 0.258. The highest BCUT2D eigenvalue weighted by Gasteiger charge is 2.21. The molecule has 0 saturated carbocycles. The Labute approximate surface area is 181 Å². The highest BCUT2D eigenvalue weighted by atomic mass is 79.9. The van der Waals surface area contributed by atoms with Gasteiger partial charge in [-0.1, -0.05) is 28.1 Å². The molecule has 1 heterocycles. The van der Waals surface area contributed by atoms with Gasteiger partial charge in [0.1, 0.15) is 6.54 Å². The Morgan fingerprint density at radius 1 is 1.14 bits per heavy atom. The Morgan fingerprint density at radius 3 is 2.38 bits per heavy atom. The van der Waals surface area contributed by atoms with E-state index in [1.54, 1.807) is 18.2 Å². The molecule has 1 amide bonds. The minimum Gasteiger partial charge on any atom is -0.372 e. The van der Waals surface area contributed by atoms with Gasteiger partial charge in [0, 0.05) is 29.8 Å². The van der Waals surface area contributed by atoms with Crippen LogP contribution in [0, 0.1) is 6.92 Å². The first-order chi connectivity index (χ1) is 13.7. The van der Waals surface area contributed by atoms with Crippen LogP contribution in [0.25, 0.3) is 0 Å². The van der Waals surface area contributed by atoms with E-state index >= 15 is 0 Å². The number of hydrogen-bond donors (Lipinski definition) is 1. The Kier molecular flexibility index (Phi) is 6.85. The minimum atomic E-state index is -3.59. The first-order valence-corrected chi connectivity index (χ1v) is 12.2. The first-order valence-electron chi connectivity index (χ1n) is 9.58. The van der Waals surface area contributed by atoms with Crippen LogP contribution in [0.2, 0.25) is 0 Å². The average molecular weight is 480 g/mol. The molecule has 1 aliphatic rings. The first kappa shape index (κ1) is 21.6. The zero-order valence-electron chi connectivity index (χ0n) is 16.7. The molecular weight excluding hydrogens is 454 g/mol. The zero-order valence-corrected chi connectivity index (χ0v) is 19.1. The predicted octanol–water partition coefficient (Wildman–Crippen LogP) is 3.44. The second kappa shape index (κ2) is 9.17. The molecule has 0 radical (unpaired) electrons. The van der Waals surface area contributed by atoms with E-state index in [9.17, 15) is 13.2 Å². The maximum atomic E-state index is 12.4. The number of rotatable bonds is 7. The van der Waals surface area contributed by atoms with Crippen molar-refractivity contribution in [3.63, 3.8) is 0 Å². The fraction of sp³-hybridized carbons (Fsp3) is 0.381. The van der Waals surface area contributed by atoms with Gasteiger partial charge < -0.3 is 10.2 Å². The number of sulfonamides is 1. The number of aryl methyl sites for hydroxylation is 1. The van der Waals surface area contributed by atoms with Crippen LogP contribution in [0.15, 0.2) is 46.9 Å². The molecule has 0 bridgehead atoms. The van der Waals surface area contributed by atoms with Crippen LogP contribution in [0.4, 0.5) is 11.4 Å². The third-order valence-corrected chi connectivity index (χ3v) is 7.04. The predicted molar refractivity (Wildman–Crippen MR) is 121 cm³/mol. The van der Waals surface area contributed by atoms with E-state index < -0.39 is 10.0 Å². The molecule has 156 valence electrons. The van der Waals surface area contributed by atoms with E-state index in [1.807, 2.05) is 19.1 Å². The lowest BCUT2D eigenvalue weighted by Gasteiger charge is -2.22. The van der Waals surface area contributed by atoms with Gasteiger partial charge in [-0.15, -0.1) is 0 Å². The summed E-state index contributed by atoms with van der Waals surface area (Å²) in [7, 11) is -3.59. The molecular formula is C21H26BrN3O3S. The number of anilines is 2. The molecule has 1 saturated heterocycles. The lowest BCUT2D eigenvalue weighted by molar-refractivity contribution is -0.119. The number of carbonyl (C=O) groups is 1. The van der Waals surface area contributed by atoms with E-state index in [1.165, 1.54) is 18.5 Å². The normalized spacial score (nSPS) is 14.1. The highest BCUT2D eigenvalue weighted by Crippen LogP contribution is 2.24. The Hall–Kier alpha value is -2.06. The number of amides is 1. The van der Waals surface area contributed by atoms with Gasteiger partial charge in [0.05, 0.1) is 11.9 Å². The Balaban J connectivity index is 1.62. The molecule has 6 nitrogen and oxygen atoms in total. The van der Waals surface area contributed by atoms with Gasteiger partial charge >= 0.3 is 0 Å². The third-order valence-electron chi connectivity index (χ3n) is 5.01. The summed E-state index contributed by atoms with van der Waals surface area (Å²) in [4.78, 5) is 14.8. The maximum Gasteiger partial charge on any atom is 0.241 e. The summed E-state index contributed by atoms with van der Waals surface area (Å²) in [6, 6.07) is 13.3. The molecule has 2 aromatic rings. The largest absolute Gasteiger partial charge is 0.372 e. The average Bonchev–Trinajstić information content (AvgIpc) is 3.21. The topological polar surface area (TPSA) is 69.7 Å². The maximum absolute atomic E-state index is 12.4. The molecule has 0 unspecified atom stereocenters. The van der Waals surface area contributed by atoms with Gasteiger partial charge in [-0.3, -0.25) is 9.10 Å². The summed E-state index contributed by atoms with van der Waals surface area (Å²) >= 11 is 3.41. The molecule has 29 heavy (non-hydrogen) atoms. The van der Waals surface area contributed by atoms with Gasteiger partial charge in [-0.2, -0.15) is 0 Å². The van der Waals surface area contributed by atoms with Crippen LogP contribution in [0.1, 0.15) is 24.0 Å². The quantitative estimate of drug-likeness (QED) is 0.660. The molecule has 1 aliphatic heterocycles. The highest BCUT2D eigenvalue weighted by molar-refractivity contribution is 9.10. The van der Waals surface area contributed by atoms with Gasteiger partial charge in [-0.05, 0) is 61.2 Å². The van der Waals surface area contributed by atoms with Crippen LogP contribution in [-0.2, 0) is 21.4 Å². The lowest BCUT2D eigenvalue weighted by atomic mass is 10.2. The fourth-order valence-electron chi connectivity index (χ4n) is 3.37. The van der Waals surface area contributed by atoms with E-state index in [4.69, 9.17) is 0 Å². The molecule has 3 rings (SSSR count). The molecule has 0 spiro atoms. The van der Waals surface area contributed by atoms with Crippen LogP contribution in [0.5, 0.6) is 0 Å². The van der Waals surface area contributed by atoms with Gasteiger partial charge in [0.15, 0.2) is 0 Å². The monoisotopic (exact) mass is 479 g/mol. The van der Waals surface area contributed by atoms with Crippen molar-refractivity contribution in [2.24, 2.45) is 0 Å². The van der Waals surface area contributed by atoms with Crippen LogP contribution in [0.3, 0.4) is 0 Å². The van der Waals surface area contributed by atoms with Crippen molar-refractivity contribution in [1.82, 2.24) is 5.32 Å². The van der Waals surface area contributed by atoms with Gasteiger partial charge in [-0.25, -0.2) is 8.42 Å². The van der Waals surface area contributed by atoms with Crippen LogP contribution in [-0.4, -0.2) is 40.2 Å². The smallest absolute Gasteiger partial charge is 0.241 e. The number of carbonyl (C=O) groups excluding carboxylic acids is 1. The van der Waals surface area contributed by atoms with Crippen molar-refractivity contribution in [3.8, 4) is 0 Å². The molecule has 8 heteroatoms. The fourth-order valence-corrected chi connectivity index (χ4v) is 4.47. The van der Waals surface area contributed by atoms with Crippen LogP contribution >= 0.6 is 15.9 Å². The van der Waals surface area contributed by atoms with Gasteiger partial charge in [0.25, 0.3) is 0 Å². The summed E-state index contributed by atoms with van der Waals surface area (Å²) < 4.78 is 26.5. The second-order valence-electron chi connectivity index (χ2n) is 7.34. The number of halogens is 1. The number of nitrogens with one attached hydrogen (secondary N) is 1. The molecule has 2 aromatic carbocycles. The van der Waals surface area contributed by atoms with Crippen molar-refractivity contribution in [1.29, 1.82) is 0 Å². The third kappa shape index (κ3) is 5.73. The summed E-state index contributed by atoms with van der Waals surface area (Å²) in [5.74, 6) is -0.348. The lowest BCUT2D eigenvalue weighted by Crippen LogP contribution is -2.40. The van der Waals surface area contributed by atoms with E-state index in [-0.39, 0.29) is 12.5 Å². The molecule has 0 aromatic heterocycles. The standard InChI is InChI=1S/C21H26BrN3O3S/c1-16-13-19(9-10-20(16)22)25(29(2,27)28)15-21(26)23-14-17-5-7-18(8-6-17)24-11-3-4-12-24/h5-10,13H,3-4,11-12,14-15H2,1-2H3,(H,23,26). The number of nitrogens with zero attached hydrogens (tertiary/aromatic N) is 2. The molecule has 0 aliphatic carbocycles. The summed E-state index contributed by atoms with van der Waals surface area (Å²) in [5, 5.41) is 2.82. The molecule has 1 fully saturated rings. The molecule has 0 atom stereocenters. The van der Waals surface area contributed by atoms with Crippen molar-refractivity contribution >= 4 is 43.2 Å². The van der Waals surface area contributed by atoms with Crippen molar-refractivity contribution in [2.75, 3.05) is 35.1 Å². The summed E-state index contributed by atoms with van der Waals surface area (Å²) in [5.41, 5.74) is 3.55. The van der Waals surface area contributed by atoms with Gasteiger partial charge in [0.2, 0.25) is 15.9 Å². The van der Waals surface area contributed by atoms with E-state index in [0.717, 1.165) is 39.3 Å². The van der Waals surface area contributed by atoms with E-state index in [2.05, 4.69) is 38.3 Å². The van der Waals surface area contributed by atoms with Crippen molar-refractivity contribution in [2.45, 2.75) is 26.3 Å². The Bertz CT molecular complexity index is 971. The van der Waals surface area contributed by atoms with Crippen molar-refractivity contribution < 1.29 is 13.2 Å². The van der Waals surface area contributed by atoms with Crippen molar-refractivity contribution in [3.05, 3.63) is 58.1 Å². The van der Waals surface area contributed by atoms with Crippen LogP contribution < -0.4 is 14.5 Å². The number of benzene rings is 2. The Morgan fingerprint density at radius 2 is 1.79 bits per heavy atom. The second-order valence-corrected chi connectivity index (χ2v) is 10.1. The summed E-state index contributed by atoms with van der Waals surface area (Å²) in [6.07, 6.45) is 3.56.